The molecule has 0 aliphatic rings. The van der Waals surface area contributed by atoms with E-state index in [0.717, 1.165) is 12.1 Å². The zero-order valence-corrected chi connectivity index (χ0v) is 11.9. The number of anilines is 1. The summed E-state index contributed by atoms with van der Waals surface area (Å²) in [5.74, 6) is -2.37. The highest BCUT2D eigenvalue weighted by molar-refractivity contribution is 6.32. The predicted octanol–water partition coefficient (Wildman–Crippen LogP) is 1.54. The number of halogens is 3. The van der Waals surface area contributed by atoms with Gasteiger partial charge in [0, 0.05) is 19.2 Å². The van der Waals surface area contributed by atoms with Crippen molar-refractivity contribution in [2.45, 2.75) is 0 Å². The van der Waals surface area contributed by atoms with Crippen LogP contribution < -0.4 is 16.2 Å². The first-order chi connectivity index (χ1) is 10.5. The molecule has 0 atom stereocenters. The second-order valence-corrected chi connectivity index (χ2v) is 4.61. The van der Waals surface area contributed by atoms with Crippen molar-refractivity contribution < 1.29 is 13.6 Å². The number of H-pyrrole nitrogens is 1. The van der Waals surface area contributed by atoms with Crippen molar-refractivity contribution in [3.8, 4) is 0 Å². The third-order valence-corrected chi connectivity index (χ3v) is 3.07. The van der Waals surface area contributed by atoms with E-state index in [0.29, 0.717) is 11.8 Å². The third-order valence-electron chi connectivity index (χ3n) is 2.70. The number of rotatable bonds is 5. The van der Waals surface area contributed by atoms with Crippen LogP contribution in [0.4, 0.5) is 14.5 Å². The van der Waals surface area contributed by atoms with Crippen LogP contribution in [0.2, 0.25) is 5.02 Å². The summed E-state index contributed by atoms with van der Waals surface area (Å²) in [6.45, 7) is 0.373. The fourth-order valence-electron chi connectivity index (χ4n) is 1.65. The number of hydrogen-bond donors (Lipinski definition) is 3. The Kier molecular flexibility index (Phi) is 5.05. The molecule has 0 aliphatic carbocycles. The summed E-state index contributed by atoms with van der Waals surface area (Å²) >= 11 is 5.75. The van der Waals surface area contributed by atoms with E-state index < -0.39 is 23.1 Å². The van der Waals surface area contributed by atoms with Crippen LogP contribution in [0.15, 0.2) is 29.2 Å². The zero-order chi connectivity index (χ0) is 16.1. The number of benzene rings is 1. The maximum absolute atomic E-state index is 13.4. The first-order valence-corrected chi connectivity index (χ1v) is 6.57. The van der Waals surface area contributed by atoms with Crippen molar-refractivity contribution in [2.75, 3.05) is 18.4 Å². The SMILES string of the molecule is O=C(NCCNc1cn[nH]c(=O)c1Cl)c1ccc(F)cc1F. The lowest BCUT2D eigenvalue weighted by atomic mass is 10.2. The highest BCUT2D eigenvalue weighted by atomic mass is 35.5. The molecule has 0 bridgehead atoms. The monoisotopic (exact) mass is 328 g/mol. The van der Waals surface area contributed by atoms with Crippen molar-refractivity contribution in [1.82, 2.24) is 15.5 Å². The Bertz CT molecular complexity index is 751. The van der Waals surface area contributed by atoms with E-state index in [9.17, 15) is 18.4 Å². The van der Waals surface area contributed by atoms with Gasteiger partial charge >= 0.3 is 0 Å². The molecular formula is C13H11ClF2N4O2. The van der Waals surface area contributed by atoms with E-state index in [-0.39, 0.29) is 23.7 Å². The maximum atomic E-state index is 13.4. The van der Waals surface area contributed by atoms with Gasteiger partial charge in [0.1, 0.15) is 16.7 Å². The minimum Gasteiger partial charge on any atom is -0.381 e. The third kappa shape index (κ3) is 3.79. The van der Waals surface area contributed by atoms with Crippen molar-refractivity contribution >= 4 is 23.2 Å². The van der Waals surface area contributed by atoms with Crippen molar-refractivity contribution in [1.29, 1.82) is 0 Å². The molecule has 1 amide bonds. The Morgan fingerprint density at radius 1 is 1.32 bits per heavy atom. The van der Waals surface area contributed by atoms with E-state index in [1.807, 2.05) is 0 Å². The molecule has 2 rings (SSSR count). The van der Waals surface area contributed by atoms with Gasteiger partial charge in [-0.1, -0.05) is 11.6 Å². The van der Waals surface area contributed by atoms with Crippen LogP contribution in [0.5, 0.6) is 0 Å². The Balaban J connectivity index is 1.87. The van der Waals surface area contributed by atoms with E-state index in [1.165, 1.54) is 6.20 Å². The zero-order valence-electron chi connectivity index (χ0n) is 11.1. The largest absolute Gasteiger partial charge is 0.381 e. The molecule has 9 heteroatoms. The van der Waals surface area contributed by atoms with Crippen LogP contribution in [0.1, 0.15) is 10.4 Å². The van der Waals surface area contributed by atoms with Gasteiger partial charge in [0.2, 0.25) is 0 Å². The number of carbonyl (C=O) groups excluding carboxylic acids is 1. The van der Waals surface area contributed by atoms with Crippen molar-refractivity contribution in [3.63, 3.8) is 0 Å². The number of aromatic amines is 1. The summed E-state index contributed by atoms with van der Waals surface area (Å²) in [6, 6.07) is 2.69. The standard InChI is InChI=1S/C13H11ClF2N4O2/c14-11-10(6-19-20-13(11)22)17-3-4-18-12(21)8-2-1-7(15)5-9(8)16/h1-2,5-6H,3-4H2,(H,18,21)(H2,17,20,22). The quantitative estimate of drug-likeness (QED) is 0.727. The number of nitrogens with zero attached hydrogens (tertiary/aromatic N) is 1. The minimum atomic E-state index is -0.938. The predicted molar refractivity (Wildman–Crippen MR) is 77.0 cm³/mol. The first kappa shape index (κ1) is 15.9. The number of hydrogen-bond acceptors (Lipinski definition) is 4. The topological polar surface area (TPSA) is 86.9 Å². The van der Waals surface area contributed by atoms with Crippen LogP contribution in [0, 0.1) is 11.6 Å². The lowest BCUT2D eigenvalue weighted by Gasteiger charge is -2.09. The molecule has 3 N–H and O–H groups in total. The fourth-order valence-corrected chi connectivity index (χ4v) is 1.81. The van der Waals surface area contributed by atoms with Crippen LogP contribution in [-0.2, 0) is 0 Å². The summed E-state index contributed by atoms with van der Waals surface area (Å²) in [6.07, 6.45) is 1.32. The van der Waals surface area contributed by atoms with Crippen molar-refractivity contribution in [3.05, 3.63) is 57.0 Å². The van der Waals surface area contributed by atoms with Gasteiger partial charge in [0.15, 0.2) is 0 Å². The average Bonchev–Trinajstić information content (AvgIpc) is 2.47. The second-order valence-electron chi connectivity index (χ2n) is 4.23. The van der Waals surface area contributed by atoms with E-state index >= 15 is 0 Å². The lowest BCUT2D eigenvalue weighted by Crippen LogP contribution is -2.29. The molecule has 2 aromatic rings. The molecule has 1 aromatic heterocycles. The molecule has 116 valence electrons. The lowest BCUT2D eigenvalue weighted by molar-refractivity contribution is 0.0951. The highest BCUT2D eigenvalue weighted by Crippen LogP contribution is 2.13. The molecule has 0 spiro atoms. The molecule has 0 unspecified atom stereocenters. The summed E-state index contributed by atoms with van der Waals surface area (Å²) in [7, 11) is 0. The van der Waals surface area contributed by atoms with Gasteiger partial charge in [-0.25, -0.2) is 13.9 Å². The summed E-state index contributed by atoms with van der Waals surface area (Å²) < 4.78 is 26.1. The molecule has 0 aliphatic heterocycles. The first-order valence-electron chi connectivity index (χ1n) is 6.19. The summed E-state index contributed by atoms with van der Waals surface area (Å²) in [4.78, 5) is 22.9. The number of nitrogens with one attached hydrogen (secondary N) is 3. The van der Waals surface area contributed by atoms with E-state index in [1.54, 1.807) is 0 Å². The summed E-state index contributed by atoms with van der Waals surface area (Å²) in [5.41, 5.74) is -0.478. The molecule has 1 aromatic carbocycles. The number of aromatic nitrogens is 2. The second kappa shape index (κ2) is 6.99. The smallest absolute Gasteiger partial charge is 0.285 e. The van der Waals surface area contributed by atoms with Crippen LogP contribution in [-0.4, -0.2) is 29.2 Å². The number of amides is 1. The molecular weight excluding hydrogens is 318 g/mol. The van der Waals surface area contributed by atoms with Gasteiger partial charge in [-0.05, 0) is 12.1 Å². The maximum Gasteiger partial charge on any atom is 0.285 e. The van der Waals surface area contributed by atoms with Gasteiger partial charge in [-0.2, -0.15) is 5.10 Å². The molecule has 0 saturated heterocycles. The fraction of sp³-hybridized carbons (Fsp3) is 0.154. The molecule has 0 fully saturated rings. The molecule has 0 saturated carbocycles. The Hall–Kier alpha value is -2.48. The highest BCUT2D eigenvalue weighted by Gasteiger charge is 2.11. The Labute approximate surface area is 128 Å². The van der Waals surface area contributed by atoms with Gasteiger partial charge in [0.05, 0.1) is 17.4 Å². The van der Waals surface area contributed by atoms with E-state index in [2.05, 4.69) is 20.8 Å². The molecule has 22 heavy (non-hydrogen) atoms. The van der Waals surface area contributed by atoms with Gasteiger partial charge in [-0.3, -0.25) is 9.59 Å². The molecule has 6 nitrogen and oxygen atoms in total. The van der Waals surface area contributed by atoms with Crippen LogP contribution in [0.25, 0.3) is 0 Å². The average molecular weight is 329 g/mol. The van der Waals surface area contributed by atoms with Gasteiger partial charge in [0.25, 0.3) is 11.5 Å². The van der Waals surface area contributed by atoms with Gasteiger partial charge in [-0.15, -0.1) is 0 Å². The van der Waals surface area contributed by atoms with E-state index in [4.69, 9.17) is 11.6 Å². The van der Waals surface area contributed by atoms with Crippen LogP contribution in [0.3, 0.4) is 0 Å². The Morgan fingerprint density at radius 2 is 2.09 bits per heavy atom. The molecule has 0 radical (unpaired) electrons. The molecule has 1 heterocycles. The van der Waals surface area contributed by atoms with Crippen molar-refractivity contribution in [2.24, 2.45) is 0 Å². The number of carbonyl (C=O) groups is 1. The normalized spacial score (nSPS) is 10.3. The van der Waals surface area contributed by atoms with Gasteiger partial charge < -0.3 is 10.6 Å². The minimum absolute atomic E-state index is 0.0501. The Morgan fingerprint density at radius 3 is 2.82 bits per heavy atom. The summed E-state index contributed by atoms with van der Waals surface area (Å²) in [5, 5.41) is 10.9. The van der Waals surface area contributed by atoms with Crippen LogP contribution >= 0.6 is 11.6 Å².